The Bertz CT molecular complexity index is 1020. The highest BCUT2D eigenvalue weighted by Gasteiger charge is 2.33. The van der Waals surface area contributed by atoms with Crippen molar-refractivity contribution in [3.63, 3.8) is 0 Å². The molecule has 0 aromatic heterocycles. The molecule has 0 aliphatic rings. The highest BCUT2D eigenvalue weighted by atomic mass is 32.2. The van der Waals surface area contributed by atoms with Crippen molar-refractivity contribution in [1.82, 2.24) is 0 Å². The Balaban J connectivity index is 2.08. The number of esters is 1. The molecule has 1 amide bonds. The molecule has 2 aromatic rings. The number of carbonyl (C=O) groups is 2. The number of para-hydroxylation sites is 1. The van der Waals surface area contributed by atoms with E-state index in [1.54, 1.807) is 0 Å². The molecule has 0 saturated carbocycles. The molecule has 0 heterocycles. The zero-order chi connectivity index (χ0) is 21.1. The van der Waals surface area contributed by atoms with E-state index in [0.29, 0.717) is 5.56 Å². The fourth-order valence-electron chi connectivity index (χ4n) is 2.27. The van der Waals surface area contributed by atoms with Gasteiger partial charge in [0, 0.05) is 0 Å². The number of benzene rings is 2. The molecule has 3 N–H and O–H groups in total. The van der Waals surface area contributed by atoms with Crippen LogP contribution in [0.1, 0.15) is 21.5 Å². The smallest absolute Gasteiger partial charge is 0.418 e. The van der Waals surface area contributed by atoms with Gasteiger partial charge in [0.15, 0.2) is 6.61 Å². The molecule has 2 aromatic carbocycles. The fraction of sp³-hybridized carbons (Fsp3) is 0.176. The van der Waals surface area contributed by atoms with Crippen molar-refractivity contribution >= 4 is 27.6 Å². The molecule has 28 heavy (non-hydrogen) atoms. The van der Waals surface area contributed by atoms with Gasteiger partial charge >= 0.3 is 12.1 Å². The zero-order valence-electron chi connectivity index (χ0n) is 14.4. The molecule has 0 radical (unpaired) electrons. The number of halogens is 3. The van der Waals surface area contributed by atoms with Gasteiger partial charge in [-0.2, -0.15) is 13.2 Å². The molecule has 0 spiro atoms. The molecule has 11 heteroatoms. The van der Waals surface area contributed by atoms with E-state index >= 15 is 0 Å². The zero-order valence-corrected chi connectivity index (χ0v) is 15.2. The van der Waals surface area contributed by atoms with Crippen LogP contribution in [0.3, 0.4) is 0 Å². The summed E-state index contributed by atoms with van der Waals surface area (Å²) in [5, 5.41) is 7.06. The van der Waals surface area contributed by atoms with Crippen molar-refractivity contribution in [2.24, 2.45) is 5.14 Å². The molecule has 0 aliphatic carbocycles. The Morgan fingerprint density at radius 2 is 1.79 bits per heavy atom. The van der Waals surface area contributed by atoms with Crippen molar-refractivity contribution in [3.05, 3.63) is 59.2 Å². The third kappa shape index (κ3) is 5.30. The molecule has 2 rings (SSSR count). The van der Waals surface area contributed by atoms with Crippen LogP contribution in [0.25, 0.3) is 0 Å². The number of ether oxygens (including phenoxy) is 1. The SMILES string of the molecule is Cc1ccc(C(=O)OCC(=O)Nc2ccccc2C(F)(F)F)cc1S(N)(=O)=O. The second-order valence-corrected chi connectivity index (χ2v) is 7.22. The second kappa shape index (κ2) is 7.98. The van der Waals surface area contributed by atoms with Crippen molar-refractivity contribution in [1.29, 1.82) is 0 Å². The van der Waals surface area contributed by atoms with Gasteiger partial charge in [0.05, 0.1) is 21.7 Å². The summed E-state index contributed by atoms with van der Waals surface area (Å²) >= 11 is 0. The van der Waals surface area contributed by atoms with E-state index in [-0.39, 0.29) is 10.5 Å². The highest BCUT2D eigenvalue weighted by molar-refractivity contribution is 7.89. The van der Waals surface area contributed by atoms with Gasteiger partial charge in [-0.15, -0.1) is 0 Å². The predicted octanol–water partition coefficient (Wildman–Crippen LogP) is 2.46. The number of nitrogens with one attached hydrogen (secondary N) is 1. The second-order valence-electron chi connectivity index (χ2n) is 5.69. The molecule has 0 bridgehead atoms. The number of alkyl halides is 3. The summed E-state index contributed by atoms with van der Waals surface area (Å²) in [5.74, 6) is -2.03. The van der Waals surface area contributed by atoms with Crippen LogP contribution in [0.5, 0.6) is 0 Å². The van der Waals surface area contributed by atoms with Crippen LogP contribution in [0, 0.1) is 6.92 Å². The Morgan fingerprint density at radius 3 is 2.39 bits per heavy atom. The minimum absolute atomic E-state index is 0.182. The quantitative estimate of drug-likeness (QED) is 0.727. The average Bonchev–Trinajstić information content (AvgIpc) is 2.58. The summed E-state index contributed by atoms with van der Waals surface area (Å²) in [5.41, 5.74) is -1.41. The number of hydrogen-bond donors (Lipinski definition) is 2. The van der Waals surface area contributed by atoms with Crippen LogP contribution in [0.15, 0.2) is 47.4 Å². The molecular weight excluding hydrogens is 401 g/mol. The van der Waals surface area contributed by atoms with Crippen LogP contribution in [0.4, 0.5) is 18.9 Å². The highest BCUT2D eigenvalue weighted by Crippen LogP contribution is 2.34. The van der Waals surface area contributed by atoms with E-state index in [4.69, 9.17) is 9.88 Å². The van der Waals surface area contributed by atoms with Crippen LogP contribution in [-0.2, 0) is 25.7 Å². The number of sulfonamides is 1. The summed E-state index contributed by atoms with van der Waals surface area (Å²) in [6.45, 7) is 0.601. The Hall–Kier alpha value is -2.92. The van der Waals surface area contributed by atoms with E-state index in [1.807, 2.05) is 5.32 Å². The van der Waals surface area contributed by atoms with E-state index in [9.17, 15) is 31.2 Å². The molecule has 0 aliphatic heterocycles. The van der Waals surface area contributed by atoms with Crippen molar-refractivity contribution < 1.29 is 35.9 Å². The summed E-state index contributed by atoms with van der Waals surface area (Å²) in [6.07, 6.45) is -4.67. The molecule has 0 atom stereocenters. The van der Waals surface area contributed by atoms with Gasteiger partial charge < -0.3 is 10.1 Å². The van der Waals surface area contributed by atoms with Crippen LogP contribution in [0.2, 0.25) is 0 Å². The average molecular weight is 416 g/mol. The van der Waals surface area contributed by atoms with Gasteiger partial charge in [0.2, 0.25) is 10.0 Å². The summed E-state index contributed by atoms with van der Waals surface area (Å²) in [4.78, 5) is 23.5. The largest absolute Gasteiger partial charge is 0.452 e. The van der Waals surface area contributed by atoms with Gasteiger partial charge in [-0.25, -0.2) is 18.4 Å². The summed E-state index contributed by atoms with van der Waals surface area (Å²) in [7, 11) is -4.07. The first-order valence-corrected chi connectivity index (χ1v) is 9.21. The molecule has 0 unspecified atom stereocenters. The lowest BCUT2D eigenvalue weighted by atomic mass is 10.1. The molecule has 0 fully saturated rings. The maximum absolute atomic E-state index is 12.9. The van der Waals surface area contributed by atoms with Crippen LogP contribution >= 0.6 is 0 Å². The molecule has 0 saturated heterocycles. The third-order valence-electron chi connectivity index (χ3n) is 3.57. The summed E-state index contributed by atoms with van der Waals surface area (Å²) < 4.78 is 66.4. The first kappa shape index (κ1) is 21.4. The standard InChI is InChI=1S/C17H15F3N2O5S/c1-10-6-7-11(8-14(10)28(21,25)26)16(24)27-9-15(23)22-13-5-3-2-4-12(13)17(18,19)20/h2-8H,9H2,1H3,(H,22,23)(H2,21,25,26). The van der Waals surface area contributed by atoms with Gasteiger partial charge in [-0.05, 0) is 36.8 Å². The lowest BCUT2D eigenvalue weighted by molar-refractivity contribution is -0.137. The molecule has 150 valence electrons. The van der Waals surface area contributed by atoms with E-state index < -0.39 is 45.9 Å². The molecule has 7 nitrogen and oxygen atoms in total. The predicted molar refractivity (Wildman–Crippen MR) is 92.9 cm³/mol. The first-order chi connectivity index (χ1) is 12.9. The van der Waals surface area contributed by atoms with Crippen molar-refractivity contribution in [2.45, 2.75) is 18.0 Å². The van der Waals surface area contributed by atoms with Gasteiger partial charge in [-0.1, -0.05) is 18.2 Å². The number of rotatable bonds is 5. The number of carbonyl (C=O) groups excluding carboxylic acids is 2. The first-order valence-electron chi connectivity index (χ1n) is 7.66. The Morgan fingerprint density at radius 1 is 1.14 bits per heavy atom. The number of primary sulfonamides is 1. The maximum atomic E-state index is 12.9. The summed E-state index contributed by atoms with van der Waals surface area (Å²) in [6, 6.07) is 7.91. The van der Waals surface area contributed by atoms with Crippen molar-refractivity contribution in [2.75, 3.05) is 11.9 Å². The Labute approximate surface area is 158 Å². The number of hydrogen-bond acceptors (Lipinski definition) is 5. The number of nitrogens with two attached hydrogens (primary N) is 1. The minimum atomic E-state index is -4.67. The fourth-order valence-corrected chi connectivity index (χ4v) is 3.08. The van der Waals surface area contributed by atoms with Crippen LogP contribution in [-0.4, -0.2) is 26.9 Å². The van der Waals surface area contributed by atoms with E-state index in [1.165, 1.54) is 31.2 Å². The Kier molecular flexibility index (Phi) is 6.10. The van der Waals surface area contributed by atoms with Crippen LogP contribution < -0.4 is 10.5 Å². The van der Waals surface area contributed by atoms with E-state index in [2.05, 4.69) is 0 Å². The number of aryl methyl sites for hydroxylation is 1. The topological polar surface area (TPSA) is 116 Å². The minimum Gasteiger partial charge on any atom is -0.452 e. The van der Waals surface area contributed by atoms with Gasteiger partial charge in [0.1, 0.15) is 0 Å². The number of amides is 1. The molecular formula is C17H15F3N2O5S. The monoisotopic (exact) mass is 416 g/mol. The van der Waals surface area contributed by atoms with Gasteiger partial charge in [0.25, 0.3) is 5.91 Å². The lowest BCUT2D eigenvalue weighted by Gasteiger charge is -2.13. The lowest BCUT2D eigenvalue weighted by Crippen LogP contribution is -2.23. The number of anilines is 1. The van der Waals surface area contributed by atoms with Gasteiger partial charge in [-0.3, -0.25) is 4.79 Å². The maximum Gasteiger partial charge on any atom is 0.418 e. The van der Waals surface area contributed by atoms with E-state index in [0.717, 1.165) is 18.2 Å². The normalized spacial score (nSPS) is 11.8. The van der Waals surface area contributed by atoms with Crippen molar-refractivity contribution in [3.8, 4) is 0 Å². The third-order valence-corrected chi connectivity index (χ3v) is 4.62.